The molecule has 0 radical (unpaired) electrons. The first-order chi connectivity index (χ1) is 7.95. The van der Waals surface area contributed by atoms with Crippen LogP contribution in [0.3, 0.4) is 0 Å². The molecule has 2 heteroatoms. The number of hydrogen-bond acceptors (Lipinski definition) is 2. The maximum atomic E-state index is 4.55. The van der Waals surface area contributed by atoms with Crippen molar-refractivity contribution in [1.82, 2.24) is 5.32 Å². The molecule has 0 aromatic rings. The molecule has 0 aliphatic carbocycles. The quantitative estimate of drug-likeness (QED) is 0.660. The van der Waals surface area contributed by atoms with E-state index in [-0.39, 0.29) is 0 Å². The van der Waals surface area contributed by atoms with E-state index in [4.69, 9.17) is 0 Å². The van der Waals surface area contributed by atoms with Gasteiger partial charge in [0, 0.05) is 12.4 Å². The Balaban J connectivity index is 1.82. The lowest BCUT2D eigenvalue weighted by atomic mass is 10.0. The van der Waals surface area contributed by atoms with Gasteiger partial charge in [0.25, 0.3) is 0 Å². The van der Waals surface area contributed by atoms with Gasteiger partial charge in [-0.3, -0.25) is 4.99 Å². The minimum Gasteiger partial charge on any atom is -0.382 e. The topological polar surface area (TPSA) is 24.4 Å². The third-order valence-electron chi connectivity index (χ3n) is 3.58. The van der Waals surface area contributed by atoms with Gasteiger partial charge in [-0.25, -0.2) is 0 Å². The molecule has 2 nitrogen and oxygen atoms in total. The van der Waals surface area contributed by atoms with Gasteiger partial charge in [0.2, 0.25) is 0 Å². The predicted octanol–water partition coefficient (Wildman–Crippen LogP) is 3.79. The molecule has 0 saturated heterocycles. The molecule has 1 unspecified atom stereocenters. The number of fused-ring (bicyclic) bond motifs is 10. The van der Waals surface area contributed by atoms with Crippen molar-refractivity contribution in [3.63, 3.8) is 0 Å². The Morgan fingerprint density at radius 1 is 0.938 bits per heavy atom. The Labute approximate surface area is 99.2 Å². The van der Waals surface area contributed by atoms with Crippen LogP contribution in [0.1, 0.15) is 64.2 Å². The Bertz CT molecular complexity index is 255. The van der Waals surface area contributed by atoms with Crippen molar-refractivity contribution in [3.8, 4) is 0 Å². The molecule has 0 aromatic heterocycles. The highest BCUT2D eigenvalue weighted by Crippen LogP contribution is 2.17. The molecular weight excluding hydrogens is 196 g/mol. The first kappa shape index (κ1) is 11.7. The smallest absolute Gasteiger partial charge is 0.0611 e. The fourth-order valence-corrected chi connectivity index (χ4v) is 2.49. The van der Waals surface area contributed by atoms with E-state index in [1.807, 2.05) is 0 Å². The summed E-state index contributed by atoms with van der Waals surface area (Å²) < 4.78 is 0. The summed E-state index contributed by atoms with van der Waals surface area (Å²) in [6.07, 6.45) is 17.7. The minimum absolute atomic E-state index is 0.492. The van der Waals surface area contributed by atoms with E-state index in [1.165, 1.54) is 63.5 Å². The molecule has 1 N–H and O–H groups in total. The van der Waals surface area contributed by atoms with Crippen molar-refractivity contribution >= 4 is 6.21 Å². The molecule has 16 heavy (non-hydrogen) atoms. The predicted molar refractivity (Wildman–Crippen MR) is 69.7 cm³/mol. The van der Waals surface area contributed by atoms with E-state index in [0.717, 1.165) is 6.42 Å². The average molecular weight is 220 g/mol. The zero-order valence-electron chi connectivity index (χ0n) is 10.3. The summed E-state index contributed by atoms with van der Waals surface area (Å²) in [5, 5.41) is 3.46. The van der Waals surface area contributed by atoms with Crippen LogP contribution in [0, 0.1) is 0 Å². The van der Waals surface area contributed by atoms with Crippen LogP contribution in [0.5, 0.6) is 0 Å². The molecule has 0 fully saturated rings. The van der Waals surface area contributed by atoms with Crippen LogP contribution < -0.4 is 5.32 Å². The van der Waals surface area contributed by atoms with E-state index >= 15 is 0 Å². The second-order valence-electron chi connectivity index (χ2n) is 5.05. The van der Waals surface area contributed by atoms with Gasteiger partial charge >= 0.3 is 0 Å². The largest absolute Gasteiger partial charge is 0.382 e. The molecule has 0 saturated carbocycles. The molecule has 3 aliphatic rings. The number of allylic oxidation sites excluding steroid dienone is 1. The highest BCUT2D eigenvalue weighted by molar-refractivity contribution is 5.67. The summed E-state index contributed by atoms with van der Waals surface area (Å²) in [6, 6.07) is 0.492. The molecule has 90 valence electrons. The van der Waals surface area contributed by atoms with Gasteiger partial charge in [-0.15, -0.1) is 0 Å². The van der Waals surface area contributed by atoms with Crippen molar-refractivity contribution in [3.05, 3.63) is 11.9 Å². The lowest BCUT2D eigenvalue weighted by Gasteiger charge is -2.18. The zero-order valence-corrected chi connectivity index (χ0v) is 10.3. The number of nitrogens with one attached hydrogen (secondary N) is 1. The third-order valence-corrected chi connectivity index (χ3v) is 3.58. The van der Waals surface area contributed by atoms with Gasteiger partial charge in [-0.2, -0.15) is 0 Å². The van der Waals surface area contributed by atoms with Crippen LogP contribution in [-0.4, -0.2) is 12.3 Å². The first-order valence-electron chi connectivity index (χ1n) is 6.94. The van der Waals surface area contributed by atoms with Crippen LogP contribution in [0.4, 0.5) is 0 Å². The van der Waals surface area contributed by atoms with Crippen molar-refractivity contribution in [2.24, 2.45) is 4.99 Å². The highest BCUT2D eigenvalue weighted by Gasteiger charge is 2.08. The fraction of sp³-hybridized carbons (Fsp3) is 0.786. The molecular formula is C14H24N2. The summed E-state index contributed by atoms with van der Waals surface area (Å²) in [4.78, 5) is 4.55. The van der Waals surface area contributed by atoms with E-state index in [1.54, 1.807) is 0 Å². The standard InChI is InChI=1S/C14H24N2/c1-2-4-6-8-10-14-12-15-13(11-16-14)9-7-5-3-1/h11-13,15H,1-10H2. The van der Waals surface area contributed by atoms with E-state index in [9.17, 15) is 0 Å². The van der Waals surface area contributed by atoms with E-state index in [2.05, 4.69) is 22.7 Å². The lowest BCUT2D eigenvalue weighted by molar-refractivity contribution is 0.532. The van der Waals surface area contributed by atoms with Gasteiger partial charge in [-0.1, -0.05) is 44.9 Å². The first-order valence-corrected chi connectivity index (χ1v) is 6.94. The molecule has 3 heterocycles. The van der Waals surface area contributed by atoms with Crippen LogP contribution in [0.15, 0.2) is 16.9 Å². The number of nitrogens with zero attached hydrogens (tertiary/aromatic N) is 1. The second kappa shape index (κ2) is 6.72. The van der Waals surface area contributed by atoms with Gasteiger partial charge in [0.1, 0.15) is 0 Å². The average Bonchev–Trinajstić information content (AvgIpc) is 2.33. The molecule has 1 atom stereocenters. The zero-order chi connectivity index (χ0) is 11.1. The molecule has 0 amide bonds. The van der Waals surface area contributed by atoms with Crippen LogP contribution in [-0.2, 0) is 0 Å². The van der Waals surface area contributed by atoms with Gasteiger partial charge in [0.15, 0.2) is 0 Å². The summed E-state index contributed by atoms with van der Waals surface area (Å²) >= 11 is 0. The summed E-state index contributed by atoms with van der Waals surface area (Å²) in [7, 11) is 0. The maximum Gasteiger partial charge on any atom is 0.0611 e. The SMILES string of the molecule is C1=NC2=CNC1CCCCCCCCCC2. The van der Waals surface area contributed by atoms with Gasteiger partial charge in [0.05, 0.1) is 11.7 Å². The Morgan fingerprint density at radius 2 is 1.62 bits per heavy atom. The van der Waals surface area contributed by atoms with Crippen molar-refractivity contribution in [1.29, 1.82) is 0 Å². The van der Waals surface area contributed by atoms with Gasteiger partial charge in [-0.05, 0) is 19.3 Å². The Kier molecular flexibility index (Phi) is 4.91. The summed E-state index contributed by atoms with van der Waals surface area (Å²) in [5.41, 5.74) is 1.24. The minimum atomic E-state index is 0.492. The van der Waals surface area contributed by atoms with E-state index in [0.29, 0.717) is 6.04 Å². The Hall–Kier alpha value is -0.790. The van der Waals surface area contributed by atoms with Crippen LogP contribution in [0.2, 0.25) is 0 Å². The fourth-order valence-electron chi connectivity index (χ4n) is 2.49. The molecule has 0 spiro atoms. The molecule has 3 rings (SSSR count). The van der Waals surface area contributed by atoms with Crippen molar-refractivity contribution in [2.75, 3.05) is 0 Å². The summed E-state index contributed by atoms with van der Waals surface area (Å²) in [6.45, 7) is 0. The monoisotopic (exact) mass is 220 g/mol. The second-order valence-corrected chi connectivity index (χ2v) is 5.05. The lowest BCUT2D eigenvalue weighted by Crippen LogP contribution is -2.28. The van der Waals surface area contributed by atoms with E-state index < -0.39 is 0 Å². The van der Waals surface area contributed by atoms with Crippen LogP contribution >= 0.6 is 0 Å². The molecule has 3 aliphatic heterocycles. The number of hydrogen-bond donors (Lipinski definition) is 1. The van der Waals surface area contributed by atoms with Crippen molar-refractivity contribution in [2.45, 2.75) is 70.3 Å². The third kappa shape index (κ3) is 3.99. The maximum absolute atomic E-state index is 4.55. The summed E-state index contributed by atoms with van der Waals surface area (Å²) in [5.74, 6) is 0. The molecule has 2 bridgehead atoms. The van der Waals surface area contributed by atoms with Gasteiger partial charge < -0.3 is 5.32 Å². The van der Waals surface area contributed by atoms with Crippen molar-refractivity contribution < 1.29 is 0 Å². The molecule has 0 aromatic carbocycles. The normalized spacial score (nSPS) is 28.0. The van der Waals surface area contributed by atoms with Crippen LogP contribution in [0.25, 0.3) is 0 Å². The highest BCUT2D eigenvalue weighted by atomic mass is 15.0. The Morgan fingerprint density at radius 3 is 2.31 bits per heavy atom. The number of rotatable bonds is 0. The number of aliphatic imine (C=N–C) groups is 1.